The van der Waals surface area contributed by atoms with Crippen molar-refractivity contribution < 1.29 is 29.9 Å². The number of rotatable bonds is 5. The molecule has 2 aromatic rings. The number of aliphatic hydroxyl groups is 4. The zero-order chi connectivity index (χ0) is 17.8. The Morgan fingerprint density at radius 1 is 0.880 bits per heavy atom. The third-order valence-electron chi connectivity index (χ3n) is 4.32. The van der Waals surface area contributed by atoms with Gasteiger partial charge in [0.2, 0.25) is 0 Å². The molecule has 1 aliphatic rings. The van der Waals surface area contributed by atoms with Crippen LogP contribution in [0.15, 0.2) is 54.6 Å². The van der Waals surface area contributed by atoms with Crippen molar-refractivity contribution in [2.24, 2.45) is 0 Å². The first-order valence-electron chi connectivity index (χ1n) is 8.17. The Bertz CT molecular complexity index is 675. The predicted molar refractivity (Wildman–Crippen MR) is 89.9 cm³/mol. The minimum Gasteiger partial charge on any atom is -0.489 e. The van der Waals surface area contributed by atoms with Crippen LogP contribution in [0.1, 0.15) is 17.2 Å². The largest absolute Gasteiger partial charge is 0.489 e. The van der Waals surface area contributed by atoms with E-state index < -0.39 is 37.1 Å². The molecule has 6 nitrogen and oxygen atoms in total. The van der Waals surface area contributed by atoms with Crippen molar-refractivity contribution >= 4 is 0 Å². The van der Waals surface area contributed by atoms with Crippen molar-refractivity contribution in [2.75, 3.05) is 6.61 Å². The number of ether oxygens (including phenoxy) is 2. The molecule has 3 rings (SSSR count). The van der Waals surface area contributed by atoms with E-state index in [1.54, 1.807) is 12.1 Å². The average Bonchev–Trinajstić information content (AvgIpc) is 2.66. The number of para-hydroxylation sites is 1. The molecular weight excluding hydrogens is 324 g/mol. The molecule has 1 saturated heterocycles. The van der Waals surface area contributed by atoms with Crippen molar-refractivity contribution in [1.82, 2.24) is 0 Å². The fourth-order valence-corrected chi connectivity index (χ4v) is 2.92. The lowest BCUT2D eigenvalue weighted by Crippen LogP contribution is -2.55. The maximum Gasteiger partial charge on any atom is 0.119 e. The molecule has 0 radical (unpaired) electrons. The monoisotopic (exact) mass is 346 g/mol. The highest BCUT2D eigenvalue weighted by molar-refractivity contribution is 5.28. The van der Waals surface area contributed by atoms with Gasteiger partial charge in [0, 0.05) is 0 Å². The van der Waals surface area contributed by atoms with Gasteiger partial charge in [-0.25, -0.2) is 0 Å². The van der Waals surface area contributed by atoms with Crippen LogP contribution >= 0.6 is 0 Å². The Labute approximate surface area is 145 Å². The number of hydrogen-bond donors (Lipinski definition) is 4. The fraction of sp³-hybridized carbons (Fsp3) is 0.368. The Kier molecular flexibility index (Phi) is 5.67. The number of benzene rings is 2. The minimum absolute atomic E-state index is 0.343. The average molecular weight is 346 g/mol. The zero-order valence-corrected chi connectivity index (χ0v) is 13.6. The molecule has 2 aromatic carbocycles. The number of hydrogen-bond acceptors (Lipinski definition) is 6. The van der Waals surface area contributed by atoms with Gasteiger partial charge in [0.15, 0.2) is 0 Å². The topological polar surface area (TPSA) is 99.4 Å². The summed E-state index contributed by atoms with van der Waals surface area (Å²) in [4.78, 5) is 0. The smallest absolute Gasteiger partial charge is 0.119 e. The van der Waals surface area contributed by atoms with E-state index in [1.807, 2.05) is 42.5 Å². The summed E-state index contributed by atoms with van der Waals surface area (Å²) in [6.07, 6.45) is -5.80. The highest BCUT2D eigenvalue weighted by Gasteiger charge is 2.43. The van der Waals surface area contributed by atoms with Crippen LogP contribution in [-0.2, 0) is 11.3 Å². The van der Waals surface area contributed by atoms with Gasteiger partial charge >= 0.3 is 0 Å². The molecule has 25 heavy (non-hydrogen) atoms. The highest BCUT2D eigenvalue weighted by Crippen LogP contribution is 2.32. The summed E-state index contributed by atoms with van der Waals surface area (Å²) in [7, 11) is 0. The van der Waals surface area contributed by atoms with Gasteiger partial charge in [-0.2, -0.15) is 0 Å². The second kappa shape index (κ2) is 7.95. The molecule has 0 spiro atoms. The summed E-state index contributed by atoms with van der Waals surface area (Å²) in [5, 5.41) is 39.3. The van der Waals surface area contributed by atoms with Gasteiger partial charge in [-0.3, -0.25) is 0 Å². The quantitative estimate of drug-likeness (QED) is 0.639. The summed E-state index contributed by atoms with van der Waals surface area (Å²) < 4.78 is 11.3. The minimum atomic E-state index is -1.39. The molecule has 5 unspecified atom stereocenters. The van der Waals surface area contributed by atoms with Crippen molar-refractivity contribution in [1.29, 1.82) is 0 Å². The van der Waals surface area contributed by atoms with Crippen LogP contribution in [0.4, 0.5) is 0 Å². The summed E-state index contributed by atoms with van der Waals surface area (Å²) in [6.45, 7) is -0.104. The van der Waals surface area contributed by atoms with E-state index in [-0.39, 0.29) is 0 Å². The van der Waals surface area contributed by atoms with Gasteiger partial charge in [0.05, 0.1) is 6.61 Å². The van der Waals surface area contributed by atoms with E-state index >= 15 is 0 Å². The van der Waals surface area contributed by atoms with Gasteiger partial charge in [-0.1, -0.05) is 36.4 Å². The van der Waals surface area contributed by atoms with Crippen LogP contribution in [-0.4, -0.2) is 51.4 Å². The van der Waals surface area contributed by atoms with Crippen LogP contribution < -0.4 is 4.74 Å². The van der Waals surface area contributed by atoms with Crippen LogP contribution in [0.3, 0.4) is 0 Å². The molecular formula is C19H22O6. The van der Waals surface area contributed by atoms with Crippen molar-refractivity contribution in [2.45, 2.75) is 37.1 Å². The lowest BCUT2D eigenvalue weighted by atomic mass is 9.91. The molecule has 1 fully saturated rings. The van der Waals surface area contributed by atoms with E-state index in [4.69, 9.17) is 9.47 Å². The molecule has 0 bridgehead atoms. The molecule has 4 N–H and O–H groups in total. The maximum atomic E-state index is 10.2. The van der Waals surface area contributed by atoms with Crippen LogP contribution in [0, 0.1) is 0 Å². The first-order chi connectivity index (χ1) is 12.1. The Balaban J connectivity index is 1.74. The molecule has 6 heteroatoms. The molecule has 1 heterocycles. The summed E-state index contributed by atoms with van der Waals surface area (Å²) in [5.74, 6) is 0.751. The zero-order valence-electron chi connectivity index (χ0n) is 13.6. The van der Waals surface area contributed by atoms with Crippen molar-refractivity contribution in [3.63, 3.8) is 0 Å². The first kappa shape index (κ1) is 17.8. The lowest BCUT2D eigenvalue weighted by Gasteiger charge is -2.40. The van der Waals surface area contributed by atoms with E-state index in [1.165, 1.54) is 0 Å². The normalized spacial score (nSPS) is 29.4. The highest BCUT2D eigenvalue weighted by atomic mass is 16.5. The molecule has 0 saturated carbocycles. The van der Waals surface area contributed by atoms with Gasteiger partial charge in [0.1, 0.15) is 42.9 Å². The second-order valence-corrected chi connectivity index (χ2v) is 6.10. The van der Waals surface area contributed by atoms with Crippen LogP contribution in [0.5, 0.6) is 5.75 Å². The molecule has 1 aliphatic heterocycles. The van der Waals surface area contributed by atoms with E-state index in [2.05, 4.69) is 0 Å². The Morgan fingerprint density at radius 3 is 2.36 bits per heavy atom. The molecule has 0 aliphatic carbocycles. The van der Waals surface area contributed by atoms with Crippen molar-refractivity contribution in [3.05, 3.63) is 65.7 Å². The second-order valence-electron chi connectivity index (χ2n) is 6.10. The lowest BCUT2D eigenvalue weighted by molar-refractivity contribution is -0.231. The summed E-state index contributed by atoms with van der Waals surface area (Å²) >= 11 is 0. The van der Waals surface area contributed by atoms with Gasteiger partial charge < -0.3 is 29.9 Å². The van der Waals surface area contributed by atoms with Crippen LogP contribution in [0.2, 0.25) is 0 Å². The molecule has 134 valence electrons. The van der Waals surface area contributed by atoms with Gasteiger partial charge in [-0.05, 0) is 29.3 Å². The van der Waals surface area contributed by atoms with E-state index in [9.17, 15) is 20.4 Å². The van der Waals surface area contributed by atoms with Gasteiger partial charge in [-0.15, -0.1) is 0 Å². The Morgan fingerprint density at radius 2 is 1.64 bits per heavy atom. The molecule has 0 aromatic heterocycles. The Hall–Kier alpha value is -1.96. The third kappa shape index (κ3) is 4.00. The first-order valence-corrected chi connectivity index (χ1v) is 8.17. The number of aliphatic hydroxyl groups excluding tert-OH is 4. The SMILES string of the molecule is OCC1OC(c2cccc(COc3ccccc3)c2)C(O)C(O)C1O. The van der Waals surface area contributed by atoms with Crippen LogP contribution in [0.25, 0.3) is 0 Å². The third-order valence-corrected chi connectivity index (χ3v) is 4.32. The standard InChI is InChI=1S/C19H22O6/c20-10-15-16(21)17(22)18(23)19(25-15)13-6-4-5-12(9-13)11-24-14-7-2-1-3-8-14/h1-9,15-23H,10-11H2. The predicted octanol–water partition coefficient (Wildman–Crippen LogP) is 0.780. The molecule has 0 amide bonds. The maximum absolute atomic E-state index is 10.2. The fourth-order valence-electron chi connectivity index (χ4n) is 2.92. The summed E-state index contributed by atoms with van der Waals surface area (Å²) in [6, 6.07) is 16.7. The molecule has 5 atom stereocenters. The summed E-state index contributed by atoms with van der Waals surface area (Å²) in [5.41, 5.74) is 1.52. The van der Waals surface area contributed by atoms with Gasteiger partial charge in [0.25, 0.3) is 0 Å². The van der Waals surface area contributed by atoms with E-state index in [0.717, 1.165) is 11.3 Å². The van der Waals surface area contributed by atoms with E-state index in [0.29, 0.717) is 12.2 Å². The van der Waals surface area contributed by atoms with Crippen molar-refractivity contribution in [3.8, 4) is 5.75 Å².